The summed E-state index contributed by atoms with van der Waals surface area (Å²) >= 11 is 1.73. The van der Waals surface area contributed by atoms with Crippen molar-refractivity contribution in [3.05, 3.63) is 51.0 Å². The zero-order chi connectivity index (χ0) is 17.7. The summed E-state index contributed by atoms with van der Waals surface area (Å²) in [4.78, 5) is 10.1. The van der Waals surface area contributed by atoms with E-state index < -0.39 is 0 Å². The first-order valence-electron chi connectivity index (χ1n) is 8.26. The Hall–Kier alpha value is -1.88. The lowest BCUT2D eigenvalue weighted by Crippen LogP contribution is -2.36. The van der Waals surface area contributed by atoms with Crippen molar-refractivity contribution in [3.8, 4) is 0 Å². The van der Waals surface area contributed by atoms with Crippen LogP contribution in [-0.2, 0) is 18.5 Å². The highest BCUT2D eigenvalue weighted by Gasteiger charge is 2.12. The molecule has 5 heteroatoms. The molecule has 24 heavy (non-hydrogen) atoms. The molecule has 0 fully saturated rings. The molecule has 0 unspecified atom stereocenters. The molecule has 0 radical (unpaired) electrons. The fourth-order valence-corrected chi connectivity index (χ4v) is 3.18. The summed E-state index contributed by atoms with van der Waals surface area (Å²) in [6.45, 7) is 12.3. The first-order valence-corrected chi connectivity index (χ1v) is 9.08. The largest absolute Gasteiger partial charge is 0.352 e. The number of thiazole rings is 1. The van der Waals surface area contributed by atoms with Gasteiger partial charge in [0.25, 0.3) is 0 Å². The second kappa shape index (κ2) is 7.79. The third-order valence-electron chi connectivity index (χ3n) is 3.98. The molecule has 1 aromatic heterocycles. The third-order valence-corrected chi connectivity index (χ3v) is 5.06. The number of aromatic nitrogens is 1. The Morgan fingerprint density at radius 3 is 2.21 bits per heavy atom. The van der Waals surface area contributed by atoms with E-state index in [1.165, 1.54) is 16.0 Å². The van der Waals surface area contributed by atoms with E-state index in [0.29, 0.717) is 6.54 Å². The highest BCUT2D eigenvalue weighted by atomic mass is 32.1. The minimum absolute atomic E-state index is 0.188. The van der Waals surface area contributed by atoms with Crippen molar-refractivity contribution >= 4 is 17.3 Å². The predicted octanol–water partition coefficient (Wildman–Crippen LogP) is 3.92. The van der Waals surface area contributed by atoms with Crippen LogP contribution in [0.5, 0.6) is 0 Å². The second-order valence-electron chi connectivity index (χ2n) is 6.98. The maximum Gasteiger partial charge on any atom is 0.191 e. The average Bonchev–Trinajstić information content (AvgIpc) is 2.85. The van der Waals surface area contributed by atoms with Gasteiger partial charge in [-0.15, -0.1) is 11.3 Å². The van der Waals surface area contributed by atoms with Crippen LogP contribution in [0.25, 0.3) is 0 Å². The number of aryl methyl sites for hydroxylation is 2. The Balaban J connectivity index is 1.87. The maximum absolute atomic E-state index is 4.54. The molecule has 0 atom stereocenters. The van der Waals surface area contributed by atoms with Gasteiger partial charge in [0.2, 0.25) is 0 Å². The third kappa shape index (κ3) is 5.06. The Bertz CT molecular complexity index is 674. The lowest BCUT2D eigenvalue weighted by molar-refractivity contribution is 0.590. The van der Waals surface area contributed by atoms with Crippen molar-refractivity contribution < 1.29 is 0 Å². The molecule has 0 saturated carbocycles. The number of hydrogen-bond donors (Lipinski definition) is 2. The van der Waals surface area contributed by atoms with Gasteiger partial charge in [-0.3, -0.25) is 4.99 Å². The summed E-state index contributed by atoms with van der Waals surface area (Å²) in [5.74, 6) is 0.792. The Morgan fingerprint density at radius 2 is 1.71 bits per heavy atom. The summed E-state index contributed by atoms with van der Waals surface area (Å²) < 4.78 is 0. The van der Waals surface area contributed by atoms with Gasteiger partial charge in [-0.25, -0.2) is 4.98 Å². The summed E-state index contributed by atoms with van der Waals surface area (Å²) in [6, 6.07) is 8.76. The van der Waals surface area contributed by atoms with Crippen molar-refractivity contribution in [2.24, 2.45) is 4.99 Å². The molecule has 0 spiro atoms. The van der Waals surface area contributed by atoms with Crippen LogP contribution >= 0.6 is 11.3 Å². The number of nitrogens with zero attached hydrogens (tertiary/aromatic N) is 2. The summed E-state index contributed by atoms with van der Waals surface area (Å²) in [6.07, 6.45) is 0. The highest BCUT2D eigenvalue weighted by Crippen LogP contribution is 2.22. The molecular formula is C19H28N4S. The highest BCUT2D eigenvalue weighted by molar-refractivity contribution is 7.11. The van der Waals surface area contributed by atoms with Crippen LogP contribution in [0.15, 0.2) is 29.3 Å². The SMILES string of the molecule is CN=C(NCc1ccc(C(C)(C)C)cc1)NCc1nc(C)c(C)s1. The van der Waals surface area contributed by atoms with Crippen molar-refractivity contribution in [2.45, 2.75) is 53.1 Å². The molecule has 1 heterocycles. The van der Waals surface area contributed by atoms with Gasteiger partial charge in [-0.1, -0.05) is 45.0 Å². The molecule has 0 aliphatic rings. The molecule has 0 aliphatic heterocycles. The normalized spacial score (nSPS) is 12.3. The number of nitrogens with one attached hydrogen (secondary N) is 2. The summed E-state index contributed by atoms with van der Waals surface area (Å²) in [5.41, 5.74) is 3.89. The van der Waals surface area contributed by atoms with Crippen LogP contribution in [0.4, 0.5) is 0 Å². The molecule has 2 aromatic rings. The van der Waals surface area contributed by atoms with E-state index in [-0.39, 0.29) is 5.41 Å². The molecule has 130 valence electrons. The number of hydrogen-bond acceptors (Lipinski definition) is 3. The molecule has 2 rings (SSSR count). The molecule has 4 nitrogen and oxygen atoms in total. The Morgan fingerprint density at radius 1 is 1.08 bits per heavy atom. The number of benzene rings is 1. The standard InChI is InChI=1S/C19H28N4S/c1-13-14(2)24-17(23-13)12-22-18(20-6)21-11-15-7-9-16(10-8-15)19(3,4)5/h7-10H,11-12H2,1-6H3,(H2,20,21,22). The summed E-state index contributed by atoms with van der Waals surface area (Å²) in [5, 5.41) is 7.76. The van der Waals surface area contributed by atoms with Crippen molar-refractivity contribution in [3.63, 3.8) is 0 Å². The van der Waals surface area contributed by atoms with E-state index in [4.69, 9.17) is 0 Å². The van der Waals surface area contributed by atoms with Crippen LogP contribution in [0, 0.1) is 13.8 Å². The molecule has 0 saturated heterocycles. The van der Waals surface area contributed by atoms with Gasteiger partial charge in [-0.2, -0.15) is 0 Å². The lowest BCUT2D eigenvalue weighted by atomic mass is 9.87. The first kappa shape index (κ1) is 18.5. The van der Waals surface area contributed by atoms with Gasteiger partial charge in [0.15, 0.2) is 5.96 Å². The topological polar surface area (TPSA) is 49.3 Å². The Labute approximate surface area is 149 Å². The van der Waals surface area contributed by atoms with Gasteiger partial charge in [-0.05, 0) is 30.4 Å². The zero-order valence-corrected chi connectivity index (χ0v) is 16.3. The van der Waals surface area contributed by atoms with Crippen molar-refractivity contribution in [1.82, 2.24) is 15.6 Å². The van der Waals surface area contributed by atoms with Gasteiger partial charge in [0.05, 0.1) is 12.2 Å². The van der Waals surface area contributed by atoms with Crippen LogP contribution in [0.3, 0.4) is 0 Å². The number of rotatable bonds is 4. The van der Waals surface area contributed by atoms with E-state index in [0.717, 1.165) is 23.2 Å². The molecule has 2 N–H and O–H groups in total. The van der Waals surface area contributed by atoms with Crippen molar-refractivity contribution in [2.75, 3.05) is 7.05 Å². The van der Waals surface area contributed by atoms with Gasteiger partial charge < -0.3 is 10.6 Å². The van der Waals surface area contributed by atoms with Crippen LogP contribution in [0.1, 0.15) is 47.5 Å². The molecule has 1 aromatic carbocycles. The van der Waals surface area contributed by atoms with Crippen molar-refractivity contribution in [1.29, 1.82) is 0 Å². The molecular weight excluding hydrogens is 316 g/mol. The summed E-state index contributed by atoms with van der Waals surface area (Å²) in [7, 11) is 1.79. The predicted molar refractivity (Wildman–Crippen MR) is 104 cm³/mol. The maximum atomic E-state index is 4.54. The first-order chi connectivity index (χ1) is 11.3. The van der Waals surface area contributed by atoms with E-state index in [2.05, 4.69) is 72.6 Å². The number of aliphatic imine (C=N–C) groups is 1. The van der Waals surface area contributed by atoms with Crippen LogP contribution in [-0.4, -0.2) is 18.0 Å². The van der Waals surface area contributed by atoms with Gasteiger partial charge in [0, 0.05) is 18.5 Å². The van der Waals surface area contributed by atoms with E-state index >= 15 is 0 Å². The minimum Gasteiger partial charge on any atom is -0.352 e. The fraction of sp³-hybridized carbons (Fsp3) is 0.474. The average molecular weight is 345 g/mol. The molecule has 0 amide bonds. The second-order valence-corrected chi connectivity index (χ2v) is 8.26. The zero-order valence-electron chi connectivity index (χ0n) is 15.5. The monoisotopic (exact) mass is 344 g/mol. The van der Waals surface area contributed by atoms with E-state index in [1.54, 1.807) is 18.4 Å². The molecule has 0 bridgehead atoms. The molecule has 0 aliphatic carbocycles. The smallest absolute Gasteiger partial charge is 0.191 e. The van der Waals surface area contributed by atoms with Gasteiger partial charge >= 0.3 is 0 Å². The van der Waals surface area contributed by atoms with Crippen LogP contribution < -0.4 is 10.6 Å². The van der Waals surface area contributed by atoms with E-state index in [9.17, 15) is 0 Å². The minimum atomic E-state index is 0.188. The van der Waals surface area contributed by atoms with Crippen LogP contribution in [0.2, 0.25) is 0 Å². The van der Waals surface area contributed by atoms with E-state index in [1.807, 2.05) is 6.92 Å². The lowest BCUT2D eigenvalue weighted by Gasteiger charge is -2.19. The quantitative estimate of drug-likeness (QED) is 0.653. The van der Waals surface area contributed by atoms with Gasteiger partial charge in [0.1, 0.15) is 5.01 Å². The fourth-order valence-electron chi connectivity index (χ4n) is 2.30. The Kier molecular flexibility index (Phi) is 5.99. The number of guanidine groups is 1.